The Morgan fingerprint density at radius 3 is 1.44 bits per heavy atom. The van der Waals surface area contributed by atoms with Crippen LogP contribution in [0.1, 0.15) is 108 Å². The van der Waals surface area contributed by atoms with Gasteiger partial charge in [-0.2, -0.15) is 0 Å². The lowest BCUT2D eigenvalue weighted by molar-refractivity contribution is -0.136. The van der Waals surface area contributed by atoms with Crippen LogP contribution in [0.25, 0.3) is 0 Å². The first-order valence-electron chi connectivity index (χ1n) is 12.7. The summed E-state index contributed by atoms with van der Waals surface area (Å²) in [4.78, 5) is 35.9. The van der Waals surface area contributed by atoms with Crippen molar-refractivity contribution < 1.29 is 14.4 Å². The summed E-state index contributed by atoms with van der Waals surface area (Å²) < 4.78 is 0. The summed E-state index contributed by atoms with van der Waals surface area (Å²) in [5.74, 6) is 3.94. The number of rotatable bonds is 6. The van der Waals surface area contributed by atoms with Crippen molar-refractivity contribution in [2.24, 2.45) is 40.9 Å². The molecule has 3 rings (SSSR count). The lowest BCUT2D eigenvalue weighted by atomic mass is 9.86. The van der Waals surface area contributed by atoms with Gasteiger partial charge in [-0.1, -0.05) is 69.7 Å². The van der Waals surface area contributed by atoms with Gasteiger partial charge < -0.3 is 4.90 Å². The van der Waals surface area contributed by atoms with Crippen molar-refractivity contribution in [3.8, 4) is 0 Å². The maximum atomic E-state index is 11.7. The van der Waals surface area contributed by atoms with Gasteiger partial charge in [-0.25, -0.2) is 0 Å². The molecule has 3 aliphatic rings. The molecule has 1 aliphatic heterocycles. The third-order valence-corrected chi connectivity index (χ3v) is 6.96. The standard InChI is InChI=1S/C12H23NO.C8H14O.C7H12O.CH4/c1-9(2)11-5-7-13(8-6-11)12(14)10(3)4;1-6(2)7(9)8(3)4-5-8;1-5(2)7(8)6-3-4-6;/h9-11H,5-8H2,1-4H3;6H,4-5H2,1-3H3;5-6H,3-4H2,1-2H3;1H4. The van der Waals surface area contributed by atoms with Crippen LogP contribution in [0.5, 0.6) is 0 Å². The van der Waals surface area contributed by atoms with Crippen LogP contribution in [-0.4, -0.2) is 35.5 Å². The summed E-state index contributed by atoms with van der Waals surface area (Å²) >= 11 is 0. The third-order valence-electron chi connectivity index (χ3n) is 6.96. The van der Waals surface area contributed by atoms with Crippen molar-refractivity contribution >= 4 is 17.5 Å². The lowest BCUT2D eigenvalue weighted by Crippen LogP contribution is -2.41. The van der Waals surface area contributed by atoms with E-state index >= 15 is 0 Å². The van der Waals surface area contributed by atoms with Gasteiger partial charge >= 0.3 is 0 Å². The number of carbonyl (C=O) groups is 3. The predicted octanol–water partition coefficient (Wildman–Crippen LogP) is 6.81. The first-order valence-corrected chi connectivity index (χ1v) is 12.7. The minimum atomic E-state index is 0. The first kappa shape index (κ1) is 30.8. The highest BCUT2D eigenvalue weighted by atomic mass is 16.2. The number of carbonyl (C=O) groups excluding carboxylic acids is 3. The molecule has 2 aliphatic carbocycles. The zero-order valence-electron chi connectivity index (χ0n) is 21.8. The molecule has 3 fully saturated rings. The molecule has 0 bridgehead atoms. The minimum Gasteiger partial charge on any atom is -0.342 e. The molecule has 0 aromatic carbocycles. The normalized spacial score (nSPS) is 19.6. The Hall–Kier alpha value is -1.19. The van der Waals surface area contributed by atoms with Gasteiger partial charge in [0.1, 0.15) is 11.6 Å². The Bertz CT molecular complexity index is 586. The predicted molar refractivity (Wildman–Crippen MR) is 135 cm³/mol. The van der Waals surface area contributed by atoms with Crippen molar-refractivity contribution in [2.45, 2.75) is 108 Å². The van der Waals surface area contributed by atoms with Crippen LogP contribution in [0, 0.1) is 40.9 Å². The fourth-order valence-corrected chi connectivity index (χ4v) is 4.12. The maximum absolute atomic E-state index is 11.7. The number of hydrogen-bond donors (Lipinski definition) is 0. The van der Waals surface area contributed by atoms with E-state index in [-0.39, 0.29) is 30.6 Å². The number of nitrogens with zero attached hydrogens (tertiary/aromatic N) is 1. The van der Waals surface area contributed by atoms with E-state index < -0.39 is 0 Å². The van der Waals surface area contributed by atoms with Crippen molar-refractivity contribution in [3.05, 3.63) is 0 Å². The van der Waals surface area contributed by atoms with Gasteiger partial charge in [0.15, 0.2) is 0 Å². The molecule has 0 unspecified atom stereocenters. The molecule has 0 N–H and O–H groups in total. The molecule has 4 nitrogen and oxygen atoms in total. The molecule has 32 heavy (non-hydrogen) atoms. The molecule has 0 aromatic heterocycles. The molecule has 4 heteroatoms. The average Bonchev–Trinajstić information content (AvgIpc) is 3.63. The van der Waals surface area contributed by atoms with E-state index in [1.165, 1.54) is 12.8 Å². The number of Topliss-reactive ketones (excluding diaryl/α,β-unsaturated/α-hetero) is 2. The number of likely N-dealkylation sites (tertiary alicyclic amines) is 1. The number of piperidine rings is 1. The molecular weight excluding hydrogens is 398 g/mol. The summed E-state index contributed by atoms with van der Waals surface area (Å²) in [6.45, 7) is 20.4. The summed E-state index contributed by atoms with van der Waals surface area (Å²) in [5.41, 5.74) is 0.0914. The SMILES string of the molecule is C.CC(C)C(=O)C1(C)CC1.CC(C)C(=O)C1CC1.CC(C)C(=O)N1CCC(C(C)C)CC1. The van der Waals surface area contributed by atoms with Gasteiger partial charge in [-0.3, -0.25) is 14.4 Å². The van der Waals surface area contributed by atoms with Gasteiger partial charge in [-0.15, -0.1) is 0 Å². The fourth-order valence-electron chi connectivity index (χ4n) is 4.12. The molecular formula is C28H53NO3. The summed E-state index contributed by atoms with van der Waals surface area (Å²) in [6.07, 6.45) is 6.91. The zero-order chi connectivity index (χ0) is 23.9. The topological polar surface area (TPSA) is 54.5 Å². The van der Waals surface area contributed by atoms with Gasteiger partial charge in [0.2, 0.25) is 5.91 Å². The summed E-state index contributed by atoms with van der Waals surface area (Å²) in [5, 5.41) is 0. The maximum Gasteiger partial charge on any atom is 0.225 e. The molecule has 0 aromatic rings. The Morgan fingerprint density at radius 2 is 1.22 bits per heavy atom. The second-order valence-electron chi connectivity index (χ2n) is 11.5. The third kappa shape index (κ3) is 10.2. The van der Waals surface area contributed by atoms with Crippen molar-refractivity contribution in [3.63, 3.8) is 0 Å². The van der Waals surface area contributed by atoms with Crippen LogP contribution in [0.2, 0.25) is 0 Å². The van der Waals surface area contributed by atoms with Crippen LogP contribution >= 0.6 is 0 Å². The Kier molecular flexibility index (Phi) is 13.0. The summed E-state index contributed by atoms with van der Waals surface area (Å²) in [7, 11) is 0. The van der Waals surface area contributed by atoms with E-state index in [9.17, 15) is 14.4 Å². The number of ketones is 2. The smallest absolute Gasteiger partial charge is 0.225 e. The van der Waals surface area contributed by atoms with Gasteiger partial charge in [0, 0.05) is 42.2 Å². The molecule has 2 saturated carbocycles. The highest BCUT2D eigenvalue weighted by Crippen LogP contribution is 2.47. The van der Waals surface area contributed by atoms with E-state index in [0.29, 0.717) is 23.4 Å². The van der Waals surface area contributed by atoms with Crippen LogP contribution in [0.4, 0.5) is 0 Å². The van der Waals surface area contributed by atoms with Crippen LogP contribution < -0.4 is 0 Å². The van der Waals surface area contributed by atoms with Crippen LogP contribution in [0.3, 0.4) is 0 Å². The number of amides is 1. The quantitative estimate of drug-likeness (QED) is 0.446. The first-order chi connectivity index (χ1) is 14.3. The lowest BCUT2D eigenvalue weighted by Gasteiger charge is -2.34. The van der Waals surface area contributed by atoms with Crippen molar-refractivity contribution in [1.82, 2.24) is 4.90 Å². The minimum absolute atomic E-state index is 0. The van der Waals surface area contributed by atoms with E-state index in [4.69, 9.17) is 0 Å². The second-order valence-corrected chi connectivity index (χ2v) is 11.5. The largest absolute Gasteiger partial charge is 0.342 e. The van der Waals surface area contributed by atoms with E-state index in [0.717, 1.165) is 50.6 Å². The molecule has 1 heterocycles. The Morgan fingerprint density at radius 1 is 0.750 bits per heavy atom. The average molecular weight is 452 g/mol. The van der Waals surface area contributed by atoms with Gasteiger partial charge in [-0.05, 0) is 50.4 Å². The summed E-state index contributed by atoms with van der Waals surface area (Å²) in [6, 6.07) is 0. The molecule has 0 atom stereocenters. The monoisotopic (exact) mass is 451 g/mol. The fraction of sp³-hybridized carbons (Fsp3) is 0.893. The van der Waals surface area contributed by atoms with Crippen molar-refractivity contribution in [1.29, 1.82) is 0 Å². The molecule has 1 amide bonds. The molecule has 0 radical (unpaired) electrons. The van der Waals surface area contributed by atoms with E-state index in [1.807, 2.05) is 46.4 Å². The molecule has 1 saturated heterocycles. The van der Waals surface area contributed by atoms with Crippen LogP contribution in [-0.2, 0) is 14.4 Å². The number of hydrogen-bond acceptors (Lipinski definition) is 3. The van der Waals surface area contributed by atoms with Crippen molar-refractivity contribution in [2.75, 3.05) is 13.1 Å². The van der Waals surface area contributed by atoms with E-state index in [2.05, 4.69) is 20.8 Å². The van der Waals surface area contributed by atoms with Crippen LogP contribution in [0.15, 0.2) is 0 Å². The van der Waals surface area contributed by atoms with Gasteiger partial charge in [0.25, 0.3) is 0 Å². The zero-order valence-corrected chi connectivity index (χ0v) is 21.8. The molecule has 0 spiro atoms. The van der Waals surface area contributed by atoms with E-state index in [1.54, 1.807) is 0 Å². The second kappa shape index (κ2) is 13.5. The Balaban J connectivity index is 0.000000466. The van der Waals surface area contributed by atoms with Gasteiger partial charge in [0.05, 0.1) is 0 Å². The molecule has 188 valence electrons. The highest BCUT2D eigenvalue weighted by Gasteiger charge is 2.45. The Labute approximate surface area is 199 Å². The highest BCUT2D eigenvalue weighted by molar-refractivity contribution is 5.88.